The van der Waals surface area contributed by atoms with Gasteiger partial charge >= 0.3 is 5.76 Å². The van der Waals surface area contributed by atoms with Crippen molar-refractivity contribution < 1.29 is 13.6 Å². The smallest absolute Gasteiger partial charge is 0.437 e. The lowest BCUT2D eigenvalue weighted by atomic mass is 10.1. The molecule has 3 rings (SSSR count). The lowest BCUT2D eigenvalue weighted by Gasteiger charge is -2.15. The largest absolute Gasteiger partial charge is 0.459 e. The second-order valence-electron chi connectivity index (χ2n) is 5.26. The molecule has 0 aliphatic carbocycles. The van der Waals surface area contributed by atoms with Crippen LogP contribution in [-0.4, -0.2) is 15.7 Å². The van der Waals surface area contributed by atoms with Crippen molar-refractivity contribution >= 4 is 29.1 Å². The molecule has 1 amide bonds. The molecule has 1 N–H and O–H groups in total. The molecule has 0 bridgehead atoms. The monoisotopic (exact) mass is 381 g/mol. The van der Waals surface area contributed by atoms with Gasteiger partial charge in [0.25, 0.3) is 5.89 Å². The van der Waals surface area contributed by atoms with Crippen molar-refractivity contribution in [3.05, 3.63) is 62.8 Å². The van der Waals surface area contributed by atoms with E-state index in [9.17, 15) is 9.59 Å². The highest BCUT2D eigenvalue weighted by atomic mass is 35.5. The summed E-state index contributed by atoms with van der Waals surface area (Å²) in [6.45, 7) is 1.48. The Bertz CT molecular complexity index is 947. The minimum atomic E-state index is -0.751. The first kappa shape index (κ1) is 17.3. The van der Waals surface area contributed by atoms with Crippen molar-refractivity contribution in [2.24, 2.45) is 0 Å². The van der Waals surface area contributed by atoms with Crippen molar-refractivity contribution in [1.29, 1.82) is 0 Å². The van der Waals surface area contributed by atoms with Crippen LogP contribution in [0.2, 0.25) is 10.0 Å². The first-order chi connectivity index (χ1) is 11.9. The van der Waals surface area contributed by atoms with E-state index in [1.807, 2.05) is 0 Å². The van der Waals surface area contributed by atoms with Crippen LogP contribution >= 0.6 is 23.2 Å². The van der Waals surface area contributed by atoms with E-state index in [1.165, 1.54) is 6.26 Å². The van der Waals surface area contributed by atoms with Gasteiger partial charge in [0.2, 0.25) is 5.91 Å². The Kier molecular flexibility index (Phi) is 4.96. The number of benzene rings is 1. The fraction of sp³-hybridized carbons (Fsp3) is 0.188. The van der Waals surface area contributed by atoms with Crippen molar-refractivity contribution in [2.75, 3.05) is 0 Å². The zero-order valence-corrected chi connectivity index (χ0v) is 14.5. The molecule has 9 heteroatoms. The van der Waals surface area contributed by atoms with Crippen LogP contribution in [0.25, 0.3) is 11.7 Å². The third-order valence-corrected chi connectivity index (χ3v) is 4.00. The van der Waals surface area contributed by atoms with E-state index in [0.29, 0.717) is 21.4 Å². The van der Waals surface area contributed by atoms with Crippen LogP contribution in [0.3, 0.4) is 0 Å². The molecule has 0 spiro atoms. The van der Waals surface area contributed by atoms with Crippen LogP contribution in [0.15, 0.2) is 50.2 Å². The van der Waals surface area contributed by atoms with Crippen molar-refractivity contribution in [1.82, 2.24) is 15.1 Å². The maximum absolute atomic E-state index is 12.2. The molecule has 2 aromatic heterocycles. The molecular formula is C16H13Cl2N3O4. The number of halogens is 2. The van der Waals surface area contributed by atoms with Gasteiger partial charge in [-0.2, -0.15) is 4.68 Å². The third-order valence-electron chi connectivity index (χ3n) is 3.44. The van der Waals surface area contributed by atoms with Gasteiger partial charge in [-0.3, -0.25) is 4.79 Å². The molecule has 0 saturated carbocycles. The molecule has 0 saturated heterocycles. The minimum Gasteiger partial charge on any atom is -0.459 e. The first-order valence-electron chi connectivity index (χ1n) is 7.30. The van der Waals surface area contributed by atoms with Crippen molar-refractivity contribution in [3.63, 3.8) is 0 Å². The molecule has 0 radical (unpaired) electrons. The number of hydrogen-bond donors (Lipinski definition) is 1. The number of nitrogens with one attached hydrogen (secondary N) is 1. The average molecular weight is 382 g/mol. The first-order valence-corrected chi connectivity index (χ1v) is 8.06. The zero-order valence-electron chi connectivity index (χ0n) is 13.0. The summed E-state index contributed by atoms with van der Waals surface area (Å²) in [5.74, 6) is -0.854. The number of carbonyl (C=O) groups is 1. The van der Waals surface area contributed by atoms with Gasteiger partial charge in [-0.05, 0) is 36.8 Å². The van der Waals surface area contributed by atoms with Gasteiger partial charge < -0.3 is 14.2 Å². The number of hydrogen-bond acceptors (Lipinski definition) is 5. The van der Waals surface area contributed by atoms with Crippen LogP contribution in [0.1, 0.15) is 18.5 Å². The lowest BCUT2D eigenvalue weighted by molar-refractivity contribution is -0.122. The minimum absolute atomic E-state index is 0.0107. The SMILES string of the molecule is CC(NC(=O)Cn1nc(-c2ccco2)oc1=O)c1ccc(Cl)cc1Cl. The predicted octanol–water partition coefficient (Wildman–Crippen LogP) is 3.28. The van der Waals surface area contributed by atoms with E-state index < -0.39 is 11.7 Å². The van der Waals surface area contributed by atoms with E-state index in [2.05, 4.69) is 10.4 Å². The number of nitrogens with zero attached hydrogens (tertiary/aromatic N) is 2. The number of aromatic nitrogens is 2. The summed E-state index contributed by atoms with van der Waals surface area (Å²) in [5.41, 5.74) is 0.711. The second kappa shape index (κ2) is 7.16. The van der Waals surface area contributed by atoms with E-state index in [-0.39, 0.29) is 18.5 Å². The normalized spacial score (nSPS) is 12.1. The molecule has 1 atom stereocenters. The molecule has 1 aromatic carbocycles. The molecule has 3 aromatic rings. The predicted molar refractivity (Wildman–Crippen MR) is 91.5 cm³/mol. The van der Waals surface area contributed by atoms with Gasteiger partial charge in [0.1, 0.15) is 6.54 Å². The Labute approximate surface area is 152 Å². The highest BCUT2D eigenvalue weighted by Gasteiger charge is 2.17. The molecule has 1 unspecified atom stereocenters. The van der Waals surface area contributed by atoms with Crippen molar-refractivity contribution in [2.45, 2.75) is 19.5 Å². The molecule has 25 heavy (non-hydrogen) atoms. The Morgan fingerprint density at radius 1 is 1.36 bits per heavy atom. The van der Waals surface area contributed by atoms with Gasteiger partial charge in [0.05, 0.1) is 12.3 Å². The molecule has 130 valence electrons. The van der Waals surface area contributed by atoms with Gasteiger partial charge in [-0.15, -0.1) is 5.10 Å². The van der Waals surface area contributed by atoms with Gasteiger partial charge in [-0.1, -0.05) is 29.3 Å². The lowest BCUT2D eigenvalue weighted by Crippen LogP contribution is -2.33. The van der Waals surface area contributed by atoms with Crippen molar-refractivity contribution in [3.8, 4) is 11.7 Å². The van der Waals surface area contributed by atoms with Gasteiger partial charge in [0, 0.05) is 10.0 Å². The highest BCUT2D eigenvalue weighted by molar-refractivity contribution is 6.35. The average Bonchev–Trinajstić information content (AvgIpc) is 3.17. The summed E-state index contributed by atoms with van der Waals surface area (Å²) in [6, 6.07) is 7.87. The highest BCUT2D eigenvalue weighted by Crippen LogP contribution is 2.26. The summed E-state index contributed by atoms with van der Waals surface area (Å²) in [5, 5.41) is 7.64. The maximum atomic E-state index is 12.2. The Morgan fingerprint density at radius 2 is 2.16 bits per heavy atom. The van der Waals surface area contributed by atoms with E-state index in [4.69, 9.17) is 32.0 Å². The maximum Gasteiger partial charge on any atom is 0.437 e. The number of amides is 1. The van der Waals surface area contributed by atoms with Gasteiger partial charge in [0.15, 0.2) is 5.76 Å². The summed E-state index contributed by atoms with van der Waals surface area (Å²) >= 11 is 12.0. The quantitative estimate of drug-likeness (QED) is 0.732. The number of carbonyl (C=O) groups excluding carboxylic acids is 1. The molecule has 2 heterocycles. The molecule has 0 fully saturated rings. The summed E-state index contributed by atoms with van der Waals surface area (Å²) in [7, 11) is 0. The summed E-state index contributed by atoms with van der Waals surface area (Å²) < 4.78 is 11.0. The Balaban J connectivity index is 1.69. The van der Waals surface area contributed by atoms with E-state index >= 15 is 0 Å². The summed E-state index contributed by atoms with van der Waals surface area (Å²) in [6.07, 6.45) is 1.43. The standard InChI is InChI=1S/C16H13Cl2N3O4/c1-9(11-5-4-10(17)7-12(11)18)19-14(22)8-21-16(23)25-15(20-21)13-3-2-6-24-13/h2-7,9H,8H2,1H3,(H,19,22). The zero-order chi connectivity index (χ0) is 18.0. The fourth-order valence-corrected chi connectivity index (χ4v) is 2.83. The van der Waals surface area contributed by atoms with Crippen LogP contribution in [0.4, 0.5) is 0 Å². The van der Waals surface area contributed by atoms with E-state index in [0.717, 1.165) is 4.68 Å². The van der Waals surface area contributed by atoms with Crippen LogP contribution in [0, 0.1) is 0 Å². The fourth-order valence-electron chi connectivity index (χ4n) is 2.26. The van der Waals surface area contributed by atoms with E-state index in [1.54, 1.807) is 37.3 Å². The van der Waals surface area contributed by atoms with Gasteiger partial charge in [-0.25, -0.2) is 4.79 Å². The molecule has 7 nitrogen and oxygen atoms in total. The molecule has 0 aliphatic heterocycles. The van der Waals surface area contributed by atoms with Crippen LogP contribution in [-0.2, 0) is 11.3 Å². The number of furan rings is 1. The third kappa shape index (κ3) is 3.94. The van der Waals surface area contributed by atoms with Crippen LogP contribution < -0.4 is 11.1 Å². The Morgan fingerprint density at radius 3 is 2.84 bits per heavy atom. The molecular weight excluding hydrogens is 369 g/mol. The summed E-state index contributed by atoms with van der Waals surface area (Å²) in [4.78, 5) is 24.0. The van der Waals surface area contributed by atoms with Crippen LogP contribution in [0.5, 0.6) is 0 Å². The topological polar surface area (TPSA) is 90.3 Å². The second-order valence-corrected chi connectivity index (χ2v) is 6.11. The number of rotatable bonds is 5. The molecule has 0 aliphatic rings. The Hall–Kier alpha value is -2.51.